The van der Waals surface area contributed by atoms with Crippen molar-refractivity contribution in [2.75, 3.05) is 53.3 Å². The molecule has 2 heterocycles. The van der Waals surface area contributed by atoms with Crippen LogP contribution in [0.25, 0.3) is 0 Å². The standard InChI is InChI=1S/C72H107N11O16/c1-15-45(8)61(55(96-13)40-57(85)82-38-25-31-54(82)63(97-14)46(9)64(87)75-47(10)62(86)49-26-18-16-19-27-49)80(11)70(93)59(43(4)5)79-67(90)60(44(6)7)81(12)72(95)98-41-48-33-35-50(36-34-48)76-65(88)53(30-24-37-74-71(73)94)77-66(89)58(42(2)3)78-56(84)32-20-17-23-39-99-83-68(91)51-28-21-22-29-52(51)69(83)92/h16,18-19,21-22,26-29,33-36,42-47,53-55,58-63,86H,15,17,20,23-25,30-32,37-41H2,1-14H3,(H,75,87)(H,76,88)(H,77,89)(H,78,84)(H,79,90)(H3,73,74,94). The van der Waals surface area contributed by atoms with Crippen molar-refractivity contribution < 1.29 is 76.9 Å². The first-order chi connectivity index (χ1) is 47.0. The number of benzene rings is 3. The number of carbonyl (C=O) groups excluding carboxylic acids is 11. The smallest absolute Gasteiger partial charge is 0.410 e. The Morgan fingerprint density at radius 3 is 1.89 bits per heavy atom. The van der Waals surface area contributed by atoms with Crippen molar-refractivity contribution >= 4 is 71.0 Å². The zero-order valence-electron chi connectivity index (χ0n) is 60.0. The SMILES string of the molecule is CCC(C)C(C(CC(=O)N1CCCC1C(OC)C(C)C(=O)NC(C)C(O)c1ccccc1)OC)N(C)C(=O)C(NC(=O)C(C(C)C)N(C)C(=O)OCc1ccc(NC(=O)C(CCCNC(N)=O)NC(=O)C(NC(=O)CCCCCON2C(=O)c3ccccc3C2=O)C(C)C)cc1)C(C)C. The number of imide groups is 1. The summed E-state index contributed by atoms with van der Waals surface area (Å²) in [6.07, 6.45) is 0.333. The Morgan fingerprint density at radius 2 is 1.31 bits per heavy atom. The summed E-state index contributed by atoms with van der Waals surface area (Å²) >= 11 is 0. The van der Waals surface area contributed by atoms with E-state index in [0.717, 1.165) is 5.06 Å². The summed E-state index contributed by atoms with van der Waals surface area (Å²) in [5.74, 6) is -6.41. The Balaban J connectivity index is 1.15. The van der Waals surface area contributed by atoms with E-state index in [4.69, 9.17) is 24.8 Å². The van der Waals surface area contributed by atoms with Crippen LogP contribution in [-0.4, -0.2) is 193 Å². The number of anilines is 1. The molecule has 1 saturated heterocycles. The van der Waals surface area contributed by atoms with E-state index in [2.05, 4.69) is 31.9 Å². The Labute approximate surface area is 582 Å². The first kappa shape index (κ1) is 81.1. The number of hydroxylamine groups is 2. The molecule has 3 aromatic carbocycles. The molecule has 5 rings (SSSR count). The normalized spacial score (nSPS) is 17.0. The van der Waals surface area contributed by atoms with Crippen molar-refractivity contribution in [1.82, 2.24) is 46.3 Å². The van der Waals surface area contributed by atoms with Crippen LogP contribution in [-0.2, 0) is 59.2 Å². The molecule has 2 aliphatic rings. The highest BCUT2D eigenvalue weighted by atomic mass is 16.7. The number of rotatable bonds is 39. The van der Waals surface area contributed by atoms with Crippen molar-refractivity contribution in [3.05, 3.63) is 101 Å². The number of hydrogen-bond donors (Lipinski definition) is 8. The number of ether oxygens (including phenoxy) is 3. The van der Waals surface area contributed by atoms with Gasteiger partial charge in [-0.1, -0.05) is 130 Å². The Bertz CT molecular complexity index is 3170. The quantitative estimate of drug-likeness (QED) is 0.0227. The summed E-state index contributed by atoms with van der Waals surface area (Å²) in [5, 5.41) is 28.4. The number of aliphatic hydroxyl groups excluding tert-OH is 1. The second-order valence-corrected chi connectivity index (χ2v) is 26.9. The van der Waals surface area contributed by atoms with E-state index in [9.17, 15) is 57.8 Å². The van der Waals surface area contributed by atoms with Gasteiger partial charge in [0.25, 0.3) is 11.8 Å². The molecular weight excluding hydrogens is 1270 g/mol. The molecule has 99 heavy (non-hydrogen) atoms. The van der Waals surface area contributed by atoms with Crippen molar-refractivity contribution in [3.8, 4) is 0 Å². The van der Waals surface area contributed by atoms with Gasteiger partial charge in [0, 0.05) is 53.5 Å². The largest absolute Gasteiger partial charge is 0.445 e. The van der Waals surface area contributed by atoms with Gasteiger partial charge >= 0.3 is 12.1 Å². The molecule has 0 bridgehead atoms. The molecule has 0 radical (unpaired) electrons. The summed E-state index contributed by atoms with van der Waals surface area (Å²) < 4.78 is 17.8. The van der Waals surface area contributed by atoms with Gasteiger partial charge in [0.15, 0.2) is 0 Å². The number of hydrogen-bond acceptors (Lipinski definition) is 16. The molecule has 0 aromatic heterocycles. The highest BCUT2D eigenvalue weighted by molar-refractivity contribution is 6.20. The number of nitrogens with one attached hydrogen (secondary N) is 6. The highest BCUT2D eigenvalue weighted by Gasteiger charge is 2.44. The van der Waals surface area contributed by atoms with Gasteiger partial charge < -0.3 is 66.8 Å². The minimum absolute atomic E-state index is 0.0649. The van der Waals surface area contributed by atoms with E-state index in [1.165, 1.54) is 26.2 Å². The number of unbranched alkanes of at least 4 members (excludes halogenated alkanes) is 2. The van der Waals surface area contributed by atoms with Gasteiger partial charge in [0.05, 0.1) is 66.5 Å². The van der Waals surface area contributed by atoms with E-state index < -0.39 is 132 Å². The molecular formula is C72H107N11O16. The van der Waals surface area contributed by atoms with Crippen LogP contribution < -0.4 is 37.6 Å². The van der Waals surface area contributed by atoms with E-state index in [1.807, 2.05) is 32.0 Å². The van der Waals surface area contributed by atoms with Crippen molar-refractivity contribution in [2.24, 2.45) is 35.3 Å². The zero-order chi connectivity index (χ0) is 73.4. The monoisotopic (exact) mass is 1380 g/mol. The lowest BCUT2D eigenvalue weighted by Gasteiger charge is -2.41. The molecule has 9 N–H and O–H groups in total. The number of methoxy groups -OCH3 is 2. The van der Waals surface area contributed by atoms with Crippen LogP contribution in [0.15, 0.2) is 78.9 Å². The second-order valence-electron chi connectivity index (χ2n) is 26.9. The van der Waals surface area contributed by atoms with Gasteiger partial charge in [-0.3, -0.25) is 52.9 Å². The van der Waals surface area contributed by atoms with Crippen LogP contribution in [0.2, 0.25) is 0 Å². The maximum absolute atomic E-state index is 14.8. The average Bonchev–Trinajstić information content (AvgIpc) is 1.71. The number of amides is 12. The minimum Gasteiger partial charge on any atom is -0.445 e. The number of urea groups is 1. The molecule has 0 saturated carbocycles. The fraction of sp³-hybridized carbons (Fsp3) is 0.597. The molecule has 2 aliphatic heterocycles. The average molecular weight is 1380 g/mol. The molecule has 27 heteroatoms. The zero-order valence-corrected chi connectivity index (χ0v) is 60.0. The summed E-state index contributed by atoms with van der Waals surface area (Å²) in [4.78, 5) is 159. The number of primary amides is 1. The number of likely N-dealkylation sites (tertiary alicyclic amines) is 1. The molecule has 0 spiro atoms. The number of fused-ring (bicyclic) bond motifs is 1. The van der Waals surface area contributed by atoms with Crippen LogP contribution in [0.3, 0.4) is 0 Å². The van der Waals surface area contributed by atoms with Crippen LogP contribution in [0.5, 0.6) is 0 Å². The number of nitrogens with two attached hydrogens (primary N) is 1. The van der Waals surface area contributed by atoms with Gasteiger partial charge in [-0.05, 0) is 105 Å². The molecule has 1 fully saturated rings. The highest BCUT2D eigenvalue weighted by Crippen LogP contribution is 2.31. The van der Waals surface area contributed by atoms with E-state index in [-0.39, 0.29) is 80.2 Å². The van der Waals surface area contributed by atoms with Gasteiger partial charge in [-0.2, -0.15) is 0 Å². The van der Waals surface area contributed by atoms with Gasteiger partial charge in [0.2, 0.25) is 41.4 Å². The van der Waals surface area contributed by atoms with Crippen LogP contribution in [0, 0.1) is 29.6 Å². The fourth-order valence-corrected chi connectivity index (χ4v) is 12.7. The lowest BCUT2D eigenvalue weighted by Crippen LogP contribution is -2.60. The van der Waals surface area contributed by atoms with Crippen molar-refractivity contribution in [2.45, 2.75) is 201 Å². The molecule has 27 nitrogen and oxygen atoms in total. The van der Waals surface area contributed by atoms with Crippen molar-refractivity contribution in [1.29, 1.82) is 0 Å². The number of carbonyl (C=O) groups is 11. The second kappa shape index (κ2) is 39.3. The molecule has 12 unspecified atom stereocenters. The third-order valence-electron chi connectivity index (χ3n) is 18.6. The van der Waals surface area contributed by atoms with Crippen LogP contribution in [0.4, 0.5) is 15.3 Å². The maximum Gasteiger partial charge on any atom is 0.410 e. The van der Waals surface area contributed by atoms with E-state index in [1.54, 1.807) is 133 Å². The van der Waals surface area contributed by atoms with E-state index >= 15 is 0 Å². The Kier molecular flexibility index (Phi) is 32.2. The lowest BCUT2D eigenvalue weighted by atomic mass is 9.89. The fourth-order valence-electron chi connectivity index (χ4n) is 12.7. The third kappa shape index (κ3) is 22.7. The molecule has 3 aromatic rings. The summed E-state index contributed by atoms with van der Waals surface area (Å²) in [7, 11) is 6.08. The van der Waals surface area contributed by atoms with Crippen LogP contribution in [0.1, 0.15) is 171 Å². The van der Waals surface area contributed by atoms with Gasteiger partial charge in [0.1, 0.15) is 30.8 Å². The number of nitrogens with zero attached hydrogens (tertiary/aromatic N) is 4. The summed E-state index contributed by atoms with van der Waals surface area (Å²) in [6.45, 7) is 18.4. The van der Waals surface area contributed by atoms with E-state index in [0.29, 0.717) is 61.9 Å². The van der Waals surface area contributed by atoms with Gasteiger partial charge in [-0.15, -0.1) is 5.06 Å². The lowest BCUT2D eigenvalue weighted by molar-refractivity contribution is -0.148. The van der Waals surface area contributed by atoms with Gasteiger partial charge in [-0.25, -0.2) is 9.59 Å². The summed E-state index contributed by atoms with van der Waals surface area (Å²) in [6, 6.07) is 15.1. The third-order valence-corrected chi connectivity index (χ3v) is 18.6. The molecule has 12 amide bonds. The molecule has 0 aliphatic carbocycles. The van der Waals surface area contributed by atoms with Crippen molar-refractivity contribution in [3.63, 3.8) is 0 Å². The Hall–Kier alpha value is -8.53. The minimum atomic E-state index is -1.13. The Morgan fingerprint density at radius 1 is 0.687 bits per heavy atom. The maximum atomic E-state index is 14.8. The number of likely N-dealkylation sites (N-methyl/N-ethyl adjacent to an activating group) is 2. The number of aliphatic hydroxyl groups is 1. The van der Waals surface area contributed by atoms with Crippen LogP contribution >= 0.6 is 0 Å². The summed E-state index contributed by atoms with van der Waals surface area (Å²) in [5.41, 5.74) is 7.31. The predicted octanol–water partition coefficient (Wildman–Crippen LogP) is 6.38. The first-order valence-electron chi connectivity index (χ1n) is 34.5. The topological polar surface area (TPSA) is 356 Å². The molecule has 546 valence electrons. The molecule has 12 atom stereocenters. The predicted molar refractivity (Wildman–Crippen MR) is 370 cm³/mol. The first-order valence-corrected chi connectivity index (χ1v) is 34.5.